The maximum absolute atomic E-state index is 13.2. The molecule has 34 heavy (non-hydrogen) atoms. The zero-order valence-electron chi connectivity index (χ0n) is 18.7. The van der Waals surface area contributed by atoms with Gasteiger partial charge >= 0.3 is 5.97 Å². The Morgan fingerprint density at radius 1 is 1.06 bits per heavy atom. The molecule has 0 saturated carbocycles. The highest BCUT2D eigenvalue weighted by Gasteiger charge is 2.23. The highest BCUT2D eigenvalue weighted by atomic mass is 19.1. The molecule has 2 N–H and O–H groups in total. The average molecular weight is 467 g/mol. The number of fused-ring (bicyclic) bond motifs is 1. The Hall–Kier alpha value is -3.75. The number of amides is 1. The molecule has 8 nitrogen and oxygen atoms in total. The summed E-state index contributed by atoms with van der Waals surface area (Å²) in [7, 11) is 0. The molecule has 1 saturated heterocycles. The van der Waals surface area contributed by atoms with Crippen molar-refractivity contribution < 1.29 is 24.2 Å². The van der Waals surface area contributed by atoms with Gasteiger partial charge in [0, 0.05) is 32.3 Å². The molecule has 0 aliphatic carbocycles. The lowest BCUT2D eigenvalue weighted by Gasteiger charge is -2.21. The number of aromatic carboxylic acids is 1. The molecular weight excluding hydrogens is 441 g/mol. The maximum Gasteiger partial charge on any atom is 0.345 e. The number of benzene rings is 1. The van der Waals surface area contributed by atoms with Gasteiger partial charge in [0.15, 0.2) is 11.3 Å². The molecule has 0 spiro atoms. The molecule has 0 bridgehead atoms. The number of rotatable bonds is 7. The highest BCUT2D eigenvalue weighted by Crippen LogP contribution is 2.26. The standard InChI is InChI=1S/C25H26FN3O5/c26-18-8-6-16(7-9-18)13-17-14-19-22(27-15-17)23(31)21(25(33)34)24(32)29(19)12-4-11-28-10-3-1-2-5-20(28)30/h6-9,14-15,31H,1-5,10-13H2,(H,33,34). The number of aromatic hydroxyl groups is 1. The van der Waals surface area contributed by atoms with E-state index in [9.17, 15) is 29.0 Å². The summed E-state index contributed by atoms with van der Waals surface area (Å²) in [6.45, 7) is 1.30. The molecule has 1 fully saturated rings. The Morgan fingerprint density at radius 2 is 1.82 bits per heavy atom. The quantitative estimate of drug-likeness (QED) is 0.551. The number of likely N-dealkylation sites (tertiary alicyclic amines) is 1. The van der Waals surface area contributed by atoms with Gasteiger partial charge in [-0.05, 0) is 55.0 Å². The van der Waals surface area contributed by atoms with Crippen molar-refractivity contribution in [2.24, 2.45) is 0 Å². The first-order valence-electron chi connectivity index (χ1n) is 11.3. The van der Waals surface area contributed by atoms with E-state index < -0.39 is 22.8 Å². The van der Waals surface area contributed by atoms with Gasteiger partial charge in [-0.3, -0.25) is 14.6 Å². The van der Waals surface area contributed by atoms with Crippen molar-refractivity contribution in [3.05, 3.63) is 69.4 Å². The lowest BCUT2D eigenvalue weighted by molar-refractivity contribution is -0.130. The summed E-state index contributed by atoms with van der Waals surface area (Å²) >= 11 is 0. The number of carbonyl (C=O) groups excluding carboxylic acids is 1. The van der Waals surface area contributed by atoms with Crippen LogP contribution in [0.5, 0.6) is 5.75 Å². The summed E-state index contributed by atoms with van der Waals surface area (Å²) in [5, 5.41) is 20.0. The number of aryl methyl sites for hydroxylation is 1. The third-order valence-electron chi connectivity index (χ3n) is 6.15. The highest BCUT2D eigenvalue weighted by molar-refractivity contribution is 5.97. The zero-order chi connectivity index (χ0) is 24.2. The van der Waals surface area contributed by atoms with Gasteiger partial charge in [0.05, 0.1) is 5.52 Å². The average Bonchev–Trinajstić information content (AvgIpc) is 3.01. The van der Waals surface area contributed by atoms with Crippen LogP contribution in [0.2, 0.25) is 0 Å². The van der Waals surface area contributed by atoms with Crippen molar-refractivity contribution in [3.8, 4) is 5.75 Å². The minimum Gasteiger partial charge on any atom is -0.505 e. The molecule has 1 amide bonds. The molecule has 1 aliphatic rings. The molecule has 3 heterocycles. The smallest absolute Gasteiger partial charge is 0.345 e. The zero-order valence-corrected chi connectivity index (χ0v) is 18.7. The Kier molecular flexibility index (Phi) is 6.90. The molecule has 1 aliphatic heterocycles. The lowest BCUT2D eigenvalue weighted by atomic mass is 10.1. The Morgan fingerprint density at radius 3 is 2.56 bits per heavy atom. The molecule has 178 valence electrons. The van der Waals surface area contributed by atoms with E-state index in [0.29, 0.717) is 37.9 Å². The Balaban J connectivity index is 1.68. The van der Waals surface area contributed by atoms with Crippen LogP contribution >= 0.6 is 0 Å². The number of hydrogen-bond acceptors (Lipinski definition) is 5. The number of pyridine rings is 2. The largest absolute Gasteiger partial charge is 0.505 e. The predicted octanol–water partition coefficient (Wildman–Crippen LogP) is 3.32. The van der Waals surface area contributed by atoms with Crippen LogP contribution < -0.4 is 5.56 Å². The van der Waals surface area contributed by atoms with Crippen LogP contribution in [0.1, 0.15) is 53.6 Å². The lowest BCUT2D eigenvalue weighted by Crippen LogP contribution is -2.33. The summed E-state index contributed by atoms with van der Waals surface area (Å²) in [5.74, 6) is -2.45. The van der Waals surface area contributed by atoms with Crippen molar-refractivity contribution in [1.82, 2.24) is 14.5 Å². The van der Waals surface area contributed by atoms with E-state index in [1.165, 1.54) is 22.9 Å². The first-order valence-corrected chi connectivity index (χ1v) is 11.3. The number of nitrogens with zero attached hydrogens (tertiary/aromatic N) is 3. The molecule has 4 rings (SSSR count). The summed E-state index contributed by atoms with van der Waals surface area (Å²) in [6, 6.07) is 7.70. The van der Waals surface area contributed by atoms with Gasteiger partial charge in [0.2, 0.25) is 5.91 Å². The Bertz CT molecular complexity index is 1290. The van der Waals surface area contributed by atoms with E-state index in [4.69, 9.17) is 0 Å². The molecule has 3 aromatic rings. The fraction of sp³-hybridized carbons (Fsp3) is 0.360. The van der Waals surface area contributed by atoms with Crippen molar-refractivity contribution >= 4 is 22.9 Å². The molecule has 0 radical (unpaired) electrons. The second kappa shape index (κ2) is 10.0. The Labute approximate surface area is 195 Å². The van der Waals surface area contributed by atoms with E-state index in [0.717, 1.165) is 30.4 Å². The van der Waals surface area contributed by atoms with E-state index >= 15 is 0 Å². The number of carboxylic acid groups (broad SMARTS) is 1. The minimum atomic E-state index is -1.53. The van der Waals surface area contributed by atoms with Crippen LogP contribution in [0.4, 0.5) is 4.39 Å². The molecule has 2 aromatic heterocycles. The van der Waals surface area contributed by atoms with Crippen LogP contribution in [0, 0.1) is 5.82 Å². The third-order valence-corrected chi connectivity index (χ3v) is 6.15. The molecule has 9 heteroatoms. The monoisotopic (exact) mass is 467 g/mol. The SMILES string of the molecule is O=C(O)c1c(O)c2ncc(Cc3ccc(F)cc3)cc2n(CCCN2CCCCCC2=O)c1=O. The van der Waals surface area contributed by atoms with Gasteiger partial charge in [0.25, 0.3) is 5.56 Å². The van der Waals surface area contributed by atoms with Crippen molar-refractivity contribution in [3.63, 3.8) is 0 Å². The number of hydrogen-bond donors (Lipinski definition) is 2. The topological polar surface area (TPSA) is 113 Å². The number of carbonyl (C=O) groups is 2. The fourth-order valence-electron chi connectivity index (χ4n) is 4.39. The van der Waals surface area contributed by atoms with Gasteiger partial charge in [-0.15, -0.1) is 0 Å². The van der Waals surface area contributed by atoms with Gasteiger partial charge in [0.1, 0.15) is 11.3 Å². The first kappa shape index (κ1) is 23.4. The molecule has 0 unspecified atom stereocenters. The molecule has 0 atom stereocenters. The van der Waals surface area contributed by atoms with E-state index in [2.05, 4.69) is 4.98 Å². The number of halogens is 1. The minimum absolute atomic E-state index is 0.0192. The van der Waals surface area contributed by atoms with Crippen molar-refractivity contribution in [2.45, 2.75) is 45.1 Å². The third kappa shape index (κ3) is 4.93. The summed E-state index contributed by atoms with van der Waals surface area (Å²) in [6.07, 6.45) is 5.71. The molecular formula is C25H26FN3O5. The van der Waals surface area contributed by atoms with Crippen molar-refractivity contribution in [1.29, 1.82) is 0 Å². The van der Waals surface area contributed by atoms with Crippen LogP contribution in [0.25, 0.3) is 11.0 Å². The molecule has 1 aromatic carbocycles. The van der Waals surface area contributed by atoms with E-state index in [1.807, 2.05) is 0 Å². The van der Waals surface area contributed by atoms with Crippen molar-refractivity contribution in [2.75, 3.05) is 13.1 Å². The van der Waals surface area contributed by atoms with E-state index in [1.54, 1.807) is 23.1 Å². The fourth-order valence-corrected chi connectivity index (χ4v) is 4.39. The van der Waals surface area contributed by atoms with E-state index in [-0.39, 0.29) is 23.8 Å². The summed E-state index contributed by atoms with van der Waals surface area (Å²) in [4.78, 5) is 43.0. The van der Waals surface area contributed by atoms with Crippen LogP contribution in [-0.2, 0) is 17.8 Å². The number of carboxylic acids is 1. The van der Waals surface area contributed by atoms with Gasteiger partial charge < -0.3 is 19.7 Å². The van der Waals surface area contributed by atoms with Gasteiger partial charge in [-0.25, -0.2) is 9.18 Å². The van der Waals surface area contributed by atoms with Crippen LogP contribution in [0.15, 0.2) is 41.3 Å². The predicted molar refractivity (Wildman–Crippen MR) is 123 cm³/mol. The second-order valence-corrected chi connectivity index (χ2v) is 8.55. The van der Waals surface area contributed by atoms with Crippen LogP contribution in [-0.4, -0.2) is 49.6 Å². The summed E-state index contributed by atoms with van der Waals surface area (Å²) < 4.78 is 14.5. The van der Waals surface area contributed by atoms with Gasteiger partial charge in [-0.2, -0.15) is 0 Å². The summed E-state index contributed by atoms with van der Waals surface area (Å²) in [5.41, 5.74) is 0.345. The second-order valence-electron chi connectivity index (χ2n) is 8.55. The van der Waals surface area contributed by atoms with Crippen LogP contribution in [0.3, 0.4) is 0 Å². The first-order chi connectivity index (χ1) is 16.3. The number of aromatic nitrogens is 2. The van der Waals surface area contributed by atoms with Gasteiger partial charge in [-0.1, -0.05) is 18.6 Å². The normalized spacial score (nSPS) is 14.4. The maximum atomic E-state index is 13.2.